The number of fused-ring (bicyclic) bond motifs is 1. The van der Waals surface area contributed by atoms with E-state index in [4.69, 9.17) is 4.74 Å². The Bertz CT molecular complexity index is 1880. The minimum atomic E-state index is -1.25. The van der Waals surface area contributed by atoms with Crippen molar-refractivity contribution in [3.8, 4) is 11.3 Å². The molecule has 1 aliphatic heterocycles. The molecule has 2 aliphatic rings. The molecular formula is C42H49N5O6. The van der Waals surface area contributed by atoms with Crippen molar-refractivity contribution >= 4 is 17.9 Å². The lowest BCUT2D eigenvalue weighted by Gasteiger charge is -2.36. The average molecular weight is 720 g/mol. The summed E-state index contributed by atoms with van der Waals surface area (Å²) in [4.78, 5) is 47.2. The van der Waals surface area contributed by atoms with Crippen LogP contribution in [0.5, 0.6) is 0 Å². The van der Waals surface area contributed by atoms with Crippen LogP contribution in [0, 0.1) is 10.8 Å². The van der Waals surface area contributed by atoms with Gasteiger partial charge in [-0.25, -0.2) is 9.80 Å². The fraction of sp³-hybridized carbons (Fsp3) is 0.381. The molecular weight excluding hydrogens is 670 g/mol. The number of alkyl carbamates (subject to hydrolysis) is 1. The summed E-state index contributed by atoms with van der Waals surface area (Å²) in [5, 5.41) is 27.6. The number of nitrogens with one attached hydrogen (secondary N) is 2. The van der Waals surface area contributed by atoms with Crippen molar-refractivity contribution in [2.24, 2.45) is 10.8 Å². The SMILES string of the molecule is COC(=O)N[C@H](C(=O)NN(CC[C@@]1(Cc2ccccc2)C(=O)N([C@H]2c3ccccc3C[C@H]2O)C[C@H]1O)Cc1ccc(-c2ccccn2)cc1)C(C)(C)C. The van der Waals surface area contributed by atoms with Gasteiger partial charge in [0, 0.05) is 37.8 Å². The maximum atomic E-state index is 14.8. The summed E-state index contributed by atoms with van der Waals surface area (Å²) in [5.74, 6) is -0.684. The largest absolute Gasteiger partial charge is 0.453 e. The van der Waals surface area contributed by atoms with E-state index in [-0.39, 0.29) is 38.4 Å². The normalized spacial score (nSPS) is 21.7. The van der Waals surface area contributed by atoms with Crippen molar-refractivity contribution in [2.45, 2.75) is 70.9 Å². The Balaban J connectivity index is 1.31. The first-order valence-electron chi connectivity index (χ1n) is 18.1. The number of aliphatic hydroxyl groups excluding tert-OH is 2. The number of carbonyl (C=O) groups excluding carboxylic acids is 3. The molecule has 3 aromatic carbocycles. The molecule has 0 unspecified atom stereocenters. The summed E-state index contributed by atoms with van der Waals surface area (Å²) in [5.41, 5.74) is 6.56. The smallest absolute Gasteiger partial charge is 0.407 e. The Morgan fingerprint density at radius 3 is 2.34 bits per heavy atom. The Hall–Kier alpha value is -5.10. The third kappa shape index (κ3) is 8.27. The molecule has 11 heteroatoms. The van der Waals surface area contributed by atoms with E-state index in [1.165, 1.54) is 7.11 Å². The van der Waals surface area contributed by atoms with Crippen molar-refractivity contribution in [3.63, 3.8) is 0 Å². The number of amides is 3. The lowest BCUT2D eigenvalue weighted by molar-refractivity contribution is -0.142. The van der Waals surface area contributed by atoms with Crippen LogP contribution in [0.4, 0.5) is 4.79 Å². The van der Waals surface area contributed by atoms with Crippen molar-refractivity contribution in [2.75, 3.05) is 20.2 Å². The first-order valence-corrected chi connectivity index (χ1v) is 18.1. The van der Waals surface area contributed by atoms with Gasteiger partial charge < -0.3 is 25.2 Å². The summed E-state index contributed by atoms with van der Waals surface area (Å²) in [6.45, 7) is 6.07. The molecule has 0 bridgehead atoms. The number of carbonyl (C=O) groups is 3. The van der Waals surface area contributed by atoms with Crippen molar-refractivity contribution in [1.82, 2.24) is 25.6 Å². The molecule has 5 atom stereocenters. The van der Waals surface area contributed by atoms with E-state index in [2.05, 4.69) is 15.7 Å². The van der Waals surface area contributed by atoms with Crippen LogP contribution in [0.15, 0.2) is 103 Å². The number of aliphatic hydroxyl groups is 2. The average Bonchev–Trinajstić information content (AvgIpc) is 3.60. The van der Waals surface area contributed by atoms with E-state index in [0.29, 0.717) is 6.42 Å². The number of pyridine rings is 1. The van der Waals surface area contributed by atoms with Gasteiger partial charge in [0.2, 0.25) is 5.91 Å². The van der Waals surface area contributed by atoms with Crippen LogP contribution in [0.1, 0.15) is 55.5 Å². The highest BCUT2D eigenvalue weighted by Gasteiger charge is 2.56. The summed E-state index contributed by atoms with van der Waals surface area (Å²) in [7, 11) is 1.25. The van der Waals surface area contributed by atoms with Gasteiger partial charge in [-0.1, -0.05) is 106 Å². The molecule has 4 aromatic rings. The van der Waals surface area contributed by atoms with Gasteiger partial charge in [-0.15, -0.1) is 0 Å². The fourth-order valence-electron chi connectivity index (χ4n) is 7.67. The second-order valence-electron chi connectivity index (χ2n) is 15.2. The van der Waals surface area contributed by atoms with E-state index in [1.807, 2.05) is 118 Å². The Morgan fingerprint density at radius 2 is 1.66 bits per heavy atom. The summed E-state index contributed by atoms with van der Waals surface area (Å²) in [6, 6.07) is 29.4. The molecule has 0 radical (unpaired) electrons. The number of ether oxygens (including phenoxy) is 1. The van der Waals surface area contributed by atoms with Crippen LogP contribution in [0.25, 0.3) is 11.3 Å². The molecule has 278 valence electrons. The molecule has 11 nitrogen and oxygen atoms in total. The van der Waals surface area contributed by atoms with Gasteiger partial charge in [-0.3, -0.25) is 20.0 Å². The van der Waals surface area contributed by atoms with Gasteiger partial charge in [0.05, 0.1) is 36.5 Å². The highest BCUT2D eigenvalue weighted by molar-refractivity contribution is 5.87. The molecule has 0 saturated carbocycles. The molecule has 6 rings (SSSR count). The van der Waals surface area contributed by atoms with Crippen LogP contribution < -0.4 is 10.7 Å². The molecule has 4 N–H and O–H groups in total. The number of hydrazine groups is 1. The van der Waals surface area contributed by atoms with Crippen molar-refractivity contribution in [3.05, 3.63) is 126 Å². The maximum absolute atomic E-state index is 14.8. The molecule has 2 heterocycles. The molecule has 1 aliphatic carbocycles. The zero-order chi connectivity index (χ0) is 37.8. The van der Waals surface area contributed by atoms with Gasteiger partial charge in [0.25, 0.3) is 5.91 Å². The predicted molar refractivity (Wildman–Crippen MR) is 201 cm³/mol. The number of aromatic nitrogens is 1. The van der Waals surface area contributed by atoms with E-state index in [1.54, 1.807) is 16.1 Å². The minimum absolute atomic E-state index is 0.0677. The van der Waals surface area contributed by atoms with E-state index in [9.17, 15) is 24.6 Å². The second kappa shape index (κ2) is 15.9. The van der Waals surface area contributed by atoms with Crippen LogP contribution >= 0.6 is 0 Å². The van der Waals surface area contributed by atoms with E-state index < -0.39 is 47.1 Å². The summed E-state index contributed by atoms with van der Waals surface area (Å²) < 4.78 is 4.83. The van der Waals surface area contributed by atoms with E-state index in [0.717, 1.165) is 33.5 Å². The lowest BCUT2D eigenvalue weighted by atomic mass is 9.75. The van der Waals surface area contributed by atoms with Crippen LogP contribution in [-0.2, 0) is 33.7 Å². The third-order valence-corrected chi connectivity index (χ3v) is 10.5. The monoisotopic (exact) mass is 719 g/mol. The molecule has 0 spiro atoms. The van der Waals surface area contributed by atoms with Gasteiger partial charge in [0.15, 0.2) is 0 Å². The number of benzene rings is 3. The summed E-state index contributed by atoms with van der Waals surface area (Å²) in [6.07, 6.45) is 0.0651. The topological polar surface area (TPSA) is 144 Å². The van der Waals surface area contributed by atoms with Gasteiger partial charge >= 0.3 is 6.09 Å². The third-order valence-electron chi connectivity index (χ3n) is 10.5. The summed E-state index contributed by atoms with van der Waals surface area (Å²) >= 11 is 0. The number of nitrogens with zero attached hydrogens (tertiary/aromatic N) is 3. The molecule has 53 heavy (non-hydrogen) atoms. The number of β-amino-alcohol motifs (C(OH)–C–C–N with tert-alkyl or cyclic N) is 1. The minimum Gasteiger partial charge on any atom is -0.453 e. The first-order chi connectivity index (χ1) is 25.4. The number of hydrogen-bond donors (Lipinski definition) is 4. The number of rotatable bonds is 12. The fourth-order valence-corrected chi connectivity index (χ4v) is 7.67. The van der Waals surface area contributed by atoms with Gasteiger partial charge in [0.1, 0.15) is 6.04 Å². The second-order valence-corrected chi connectivity index (χ2v) is 15.2. The van der Waals surface area contributed by atoms with Gasteiger partial charge in [-0.05, 0) is 52.6 Å². The number of likely N-dealkylation sites (tertiary alicyclic amines) is 1. The highest BCUT2D eigenvalue weighted by atomic mass is 16.5. The molecule has 1 aromatic heterocycles. The first kappa shape index (κ1) is 37.7. The number of hydrogen-bond acceptors (Lipinski definition) is 8. The zero-order valence-electron chi connectivity index (χ0n) is 30.7. The maximum Gasteiger partial charge on any atom is 0.407 e. The van der Waals surface area contributed by atoms with Gasteiger partial charge in [-0.2, -0.15) is 0 Å². The van der Waals surface area contributed by atoms with E-state index >= 15 is 0 Å². The van der Waals surface area contributed by atoms with Crippen LogP contribution in [-0.4, -0.2) is 81.5 Å². The quantitative estimate of drug-likeness (QED) is 0.153. The van der Waals surface area contributed by atoms with Crippen LogP contribution in [0.2, 0.25) is 0 Å². The molecule has 1 saturated heterocycles. The lowest BCUT2D eigenvalue weighted by Crippen LogP contribution is -2.57. The van der Waals surface area contributed by atoms with Crippen molar-refractivity contribution in [1.29, 1.82) is 0 Å². The Labute approximate surface area is 311 Å². The standard InChI is InChI=1S/C42H49N5O6/c1-41(2,3)37(44-40(52)53-4)38(50)45-46(26-29-17-19-30(20-18-29)33-16-10-11-22-43-33)23-21-42(25-28-12-6-5-7-13-28)35(49)27-47(39(42)51)36-32-15-9-8-14-31(32)24-34(36)48/h5-20,22,34-37,48-49H,21,23-27H2,1-4H3,(H,44,52)(H,45,50)/t34-,35-,36+,37-,42+/m1/s1. The molecule has 3 amide bonds. The highest BCUT2D eigenvalue weighted by Crippen LogP contribution is 2.46. The number of methoxy groups -OCH3 is 1. The van der Waals surface area contributed by atoms with Crippen LogP contribution in [0.3, 0.4) is 0 Å². The molecule has 1 fully saturated rings. The zero-order valence-corrected chi connectivity index (χ0v) is 30.7. The Morgan fingerprint density at radius 1 is 0.962 bits per heavy atom. The Kier molecular flexibility index (Phi) is 11.3. The van der Waals surface area contributed by atoms with Crippen molar-refractivity contribution < 1.29 is 29.3 Å². The predicted octanol–water partition coefficient (Wildman–Crippen LogP) is 4.83.